The second-order valence-electron chi connectivity index (χ2n) is 4.22. The molecule has 0 saturated heterocycles. The maximum absolute atomic E-state index is 12.0. The molecule has 0 atom stereocenters. The van der Waals surface area contributed by atoms with Gasteiger partial charge in [0.1, 0.15) is 0 Å². The van der Waals surface area contributed by atoms with Crippen LogP contribution in [0.2, 0.25) is 0 Å². The van der Waals surface area contributed by atoms with Crippen LogP contribution in [0.3, 0.4) is 0 Å². The molecule has 2 aromatic rings. The van der Waals surface area contributed by atoms with Crippen LogP contribution < -0.4 is 5.56 Å². The summed E-state index contributed by atoms with van der Waals surface area (Å²) in [4.78, 5) is 23.2. The quantitative estimate of drug-likeness (QED) is 0.853. The number of hydrogen-bond donors (Lipinski definition) is 1. The van der Waals surface area contributed by atoms with Gasteiger partial charge in [0.2, 0.25) is 0 Å². The van der Waals surface area contributed by atoms with Crippen molar-refractivity contribution in [3.63, 3.8) is 0 Å². The number of aryl methyl sites for hydroxylation is 1. The highest BCUT2D eigenvalue weighted by Crippen LogP contribution is 2.17. The van der Waals surface area contributed by atoms with E-state index in [-0.39, 0.29) is 11.1 Å². The van der Waals surface area contributed by atoms with Crippen molar-refractivity contribution in [1.29, 1.82) is 0 Å². The summed E-state index contributed by atoms with van der Waals surface area (Å²) >= 11 is 1.73. The molecule has 0 aliphatic carbocycles. The van der Waals surface area contributed by atoms with Gasteiger partial charge >= 0.3 is 5.97 Å². The zero-order chi connectivity index (χ0) is 13.8. The molecular weight excluding hydrogens is 262 g/mol. The Morgan fingerprint density at radius 3 is 2.79 bits per heavy atom. The third-order valence-electron chi connectivity index (χ3n) is 2.98. The van der Waals surface area contributed by atoms with Crippen molar-refractivity contribution in [2.45, 2.75) is 13.0 Å². The normalized spacial score (nSPS) is 10.8. The third-order valence-corrected chi connectivity index (χ3v) is 3.68. The molecule has 19 heavy (non-hydrogen) atoms. The van der Waals surface area contributed by atoms with Crippen LogP contribution in [-0.4, -0.2) is 27.7 Å². The zero-order valence-electron chi connectivity index (χ0n) is 10.6. The van der Waals surface area contributed by atoms with E-state index >= 15 is 0 Å². The van der Waals surface area contributed by atoms with E-state index in [1.54, 1.807) is 34.5 Å². The maximum Gasteiger partial charge on any atom is 0.336 e. The van der Waals surface area contributed by atoms with Crippen LogP contribution in [0.5, 0.6) is 0 Å². The number of carboxylic acid groups (broad SMARTS) is 1. The first-order valence-electron chi connectivity index (χ1n) is 6.00. The number of hydrogen-bond acceptors (Lipinski definition) is 3. The number of para-hydroxylation sites is 1. The molecule has 1 aromatic heterocycles. The largest absolute Gasteiger partial charge is 0.478 e. The van der Waals surface area contributed by atoms with Crippen LogP contribution in [0.1, 0.15) is 16.8 Å². The summed E-state index contributed by atoms with van der Waals surface area (Å²) < 4.78 is 1.65. The Kier molecular flexibility index (Phi) is 4.27. The topological polar surface area (TPSA) is 59.3 Å². The number of aromatic nitrogens is 1. The molecule has 1 aromatic carbocycles. The number of rotatable bonds is 5. The van der Waals surface area contributed by atoms with Gasteiger partial charge < -0.3 is 9.67 Å². The van der Waals surface area contributed by atoms with Crippen LogP contribution in [0.25, 0.3) is 10.9 Å². The highest BCUT2D eigenvalue weighted by Gasteiger charge is 2.12. The molecule has 0 aliphatic rings. The molecule has 0 saturated carbocycles. The Bertz CT molecular complexity index is 663. The van der Waals surface area contributed by atoms with E-state index in [1.165, 1.54) is 6.07 Å². The van der Waals surface area contributed by atoms with E-state index < -0.39 is 5.97 Å². The summed E-state index contributed by atoms with van der Waals surface area (Å²) in [6, 6.07) is 8.35. The van der Waals surface area contributed by atoms with Gasteiger partial charge in [-0.15, -0.1) is 0 Å². The lowest BCUT2D eigenvalue weighted by molar-refractivity contribution is 0.0698. The first kappa shape index (κ1) is 13.7. The molecule has 0 amide bonds. The van der Waals surface area contributed by atoms with Crippen molar-refractivity contribution in [3.05, 3.63) is 46.2 Å². The van der Waals surface area contributed by atoms with Gasteiger partial charge in [-0.05, 0) is 24.5 Å². The molecule has 100 valence electrons. The molecule has 1 heterocycles. The molecular formula is C14H15NO3S. The fraction of sp³-hybridized carbons (Fsp3) is 0.286. The summed E-state index contributed by atoms with van der Waals surface area (Å²) in [5.74, 6) is -0.0916. The second-order valence-corrected chi connectivity index (χ2v) is 5.20. The molecule has 2 rings (SSSR count). The number of nitrogens with zero attached hydrogens (tertiary/aromatic N) is 1. The van der Waals surface area contributed by atoms with Crippen LogP contribution in [-0.2, 0) is 6.54 Å². The second kappa shape index (κ2) is 5.93. The van der Waals surface area contributed by atoms with Gasteiger partial charge in [-0.3, -0.25) is 4.79 Å². The van der Waals surface area contributed by atoms with Gasteiger partial charge in [-0.25, -0.2) is 4.79 Å². The lowest BCUT2D eigenvalue weighted by atomic mass is 10.1. The fourth-order valence-corrected chi connectivity index (χ4v) is 2.53. The third kappa shape index (κ3) is 2.81. The summed E-state index contributed by atoms with van der Waals surface area (Å²) in [5.41, 5.74) is 0.507. The van der Waals surface area contributed by atoms with Crippen molar-refractivity contribution in [3.8, 4) is 0 Å². The van der Waals surface area contributed by atoms with E-state index in [2.05, 4.69) is 0 Å². The highest BCUT2D eigenvalue weighted by atomic mass is 32.2. The van der Waals surface area contributed by atoms with Crippen molar-refractivity contribution in [1.82, 2.24) is 4.57 Å². The Hall–Kier alpha value is -1.75. The van der Waals surface area contributed by atoms with Gasteiger partial charge in [0.05, 0.1) is 11.1 Å². The highest BCUT2D eigenvalue weighted by molar-refractivity contribution is 7.98. The van der Waals surface area contributed by atoms with Crippen LogP contribution in [0, 0.1) is 0 Å². The first-order valence-corrected chi connectivity index (χ1v) is 7.39. The number of carbonyl (C=O) groups is 1. The van der Waals surface area contributed by atoms with Gasteiger partial charge in [-0.1, -0.05) is 18.2 Å². The van der Waals surface area contributed by atoms with Crippen molar-refractivity contribution in [2.24, 2.45) is 0 Å². The lowest BCUT2D eigenvalue weighted by Crippen LogP contribution is -2.22. The van der Waals surface area contributed by atoms with E-state index in [0.717, 1.165) is 12.2 Å². The van der Waals surface area contributed by atoms with Crippen molar-refractivity contribution < 1.29 is 9.90 Å². The van der Waals surface area contributed by atoms with Gasteiger partial charge in [-0.2, -0.15) is 11.8 Å². The Morgan fingerprint density at radius 2 is 2.11 bits per heavy atom. The standard InChI is InChI=1S/C14H15NO3S/c1-19-8-4-7-15-12-6-3-2-5-10(12)11(14(17)18)9-13(15)16/h2-3,5-6,9H,4,7-8H2,1H3,(H,17,18). The average Bonchev–Trinajstić information content (AvgIpc) is 2.40. The fourth-order valence-electron chi connectivity index (χ4n) is 2.11. The molecule has 0 radical (unpaired) electrons. The summed E-state index contributed by atoms with van der Waals surface area (Å²) in [5, 5.41) is 9.77. The van der Waals surface area contributed by atoms with E-state index in [0.29, 0.717) is 17.4 Å². The van der Waals surface area contributed by atoms with Gasteiger partial charge in [0.25, 0.3) is 5.56 Å². The van der Waals surface area contributed by atoms with Crippen LogP contribution in [0.15, 0.2) is 35.1 Å². The van der Waals surface area contributed by atoms with Crippen LogP contribution >= 0.6 is 11.8 Å². The molecule has 5 heteroatoms. The summed E-state index contributed by atoms with van der Waals surface area (Å²) in [7, 11) is 0. The smallest absolute Gasteiger partial charge is 0.336 e. The van der Waals surface area contributed by atoms with E-state index in [9.17, 15) is 9.59 Å². The van der Waals surface area contributed by atoms with Crippen molar-refractivity contribution in [2.75, 3.05) is 12.0 Å². The van der Waals surface area contributed by atoms with E-state index in [4.69, 9.17) is 5.11 Å². The minimum atomic E-state index is -1.07. The van der Waals surface area contributed by atoms with E-state index in [1.807, 2.05) is 12.3 Å². The minimum Gasteiger partial charge on any atom is -0.478 e. The summed E-state index contributed by atoms with van der Waals surface area (Å²) in [6.07, 6.45) is 2.91. The van der Waals surface area contributed by atoms with Gasteiger partial charge in [0, 0.05) is 18.0 Å². The molecule has 1 N–H and O–H groups in total. The number of aromatic carboxylic acids is 1. The average molecular weight is 277 g/mol. The molecule has 0 unspecified atom stereocenters. The summed E-state index contributed by atoms with van der Waals surface area (Å²) in [6.45, 7) is 0.611. The molecule has 4 nitrogen and oxygen atoms in total. The lowest BCUT2D eigenvalue weighted by Gasteiger charge is -2.11. The Morgan fingerprint density at radius 1 is 1.37 bits per heavy atom. The number of carboxylic acids is 1. The molecule has 0 aliphatic heterocycles. The predicted octanol–water partition coefficient (Wildman–Crippen LogP) is 2.45. The monoisotopic (exact) mass is 277 g/mol. The SMILES string of the molecule is CSCCCn1c(=O)cc(C(=O)O)c2ccccc21. The molecule has 0 fully saturated rings. The number of thioether (sulfide) groups is 1. The number of pyridine rings is 1. The van der Waals surface area contributed by atoms with Crippen molar-refractivity contribution >= 4 is 28.6 Å². The van der Waals surface area contributed by atoms with Crippen LogP contribution in [0.4, 0.5) is 0 Å². The first-order chi connectivity index (χ1) is 9.15. The maximum atomic E-state index is 12.0. The predicted molar refractivity (Wildman–Crippen MR) is 78.2 cm³/mol. The molecule has 0 bridgehead atoms. The number of fused-ring (bicyclic) bond motifs is 1. The molecule has 0 spiro atoms. The van der Waals surface area contributed by atoms with Gasteiger partial charge in [0.15, 0.2) is 0 Å². The zero-order valence-corrected chi connectivity index (χ0v) is 11.4. The Labute approximate surface area is 115 Å². The Balaban J connectivity index is 2.59. The minimum absolute atomic E-state index is 0.0710. The number of benzene rings is 1.